The summed E-state index contributed by atoms with van der Waals surface area (Å²) in [6.07, 6.45) is 0. The molecular weight excluding hydrogens is 380 g/mol. The topological polar surface area (TPSA) is 36.1 Å². The molecule has 5 rings (SSSR count). The number of nitrogens with one attached hydrogen (secondary N) is 1. The van der Waals surface area contributed by atoms with E-state index in [1.165, 1.54) is 5.56 Å². The van der Waals surface area contributed by atoms with E-state index in [-0.39, 0.29) is 11.9 Å². The first kappa shape index (κ1) is 18.0. The van der Waals surface area contributed by atoms with E-state index in [0.717, 1.165) is 38.9 Å². The predicted molar refractivity (Wildman–Crippen MR) is 119 cm³/mol. The number of hydrogen-bond donors (Lipinski definition) is 1. The number of carbonyl (C=O) groups excluding carboxylic acids is 1. The average Bonchev–Trinajstić information content (AvgIpc) is 3.25. The number of aryl methyl sites for hydroxylation is 1. The SMILES string of the molecule is Cc1ccc(-c2[nH]c3ccccc3c2[C@H]2c3ccccc3C(=O)N2CCCl)cc1. The lowest BCUT2D eigenvalue weighted by Crippen LogP contribution is -2.30. The fourth-order valence-electron chi connectivity index (χ4n) is 4.40. The number of fused-ring (bicyclic) bond motifs is 2. The molecule has 144 valence electrons. The molecular formula is C25H21ClN2O. The monoisotopic (exact) mass is 400 g/mol. The third-order valence-electron chi connectivity index (χ3n) is 5.74. The maximum Gasteiger partial charge on any atom is 0.255 e. The van der Waals surface area contributed by atoms with E-state index in [4.69, 9.17) is 11.6 Å². The van der Waals surface area contributed by atoms with Crippen LogP contribution in [0.25, 0.3) is 22.2 Å². The van der Waals surface area contributed by atoms with Gasteiger partial charge in [0.05, 0.1) is 11.7 Å². The smallest absolute Gasteiger partial charge is 0.255 e. The molecule has 1 atom stereocenters. The van der Waals surface area contributed by atoms with Gasteiger partial charge in [-0.05, 0) is 30.2 Å². The molecule has 4 aromatic rings. The first-order chi connectivity index (χ1) is 14.2. The van der Waals surface area contributed by atoms with Gasteiger partial charge in [-0.3, -0.25) is 4.79 Å². The van der Waals surface area contributed by atoms with Crippen molar-refractivity contribution in [3.8, 4) is 11.3 Å². The number of alkyl halides is 1. The van der Waals surface area contributed by atoms with Gasteiger partial charge in [0, 0.05) is 34.5 Å². The van der Waals surface area contributed by atoms with Crippen LogP contribution in [-0.4, -0.2) is 28.2 Å². The molecule has 29 heavy (non-hydrogen) atoms. The Morgan fingerprint density at radius 3 is 2.48 bits per heavy atom. The molecule has 1 aromatic heterocycles. The van der Waals surface area contributed by atoms with Gasteiger partial charge in [-0.1, -0.05) is 66.2 Å². The van der Waals surface area contributed by atoms with E-state index < -0.39 is 0 Å². The summed E-state index contributed by atoms with van der Waals surface area (Å²) in [5.74, 6) is 0.449. The number of H-pyrrole nitrogens is 1. The largest absolute Gasteiger partial charge is 0.354 e. The van der Waals surface area contributed by atoms with E-state index in [0.29, 0.717) is 12.4 Å². The number of aromatic nitrogens is 1. The molecule has 3 aromatic carbocycles. The highest BCUT2D eigenvalue weighted by molar-refractivity contribution is 6.18. The molecule has 3 nitrogen and oxygen atoms in total. The van der Waals surface area contributed by atoms with Crippen LogP contribution in [0, 0.1) is 6.92 Å². The van der Waals surface area contributed by atoms with Gasteiger partial charge in [-0.25, -0.2) is 0 Å². The minimum Gasteiger partial charge on any atom is -0.354 e. The first-order valence-electron chi connectivity index (χ1n) is 9.82. The lowest BCUT2D eigenvalue weighted by Gasteiger charge is -2.26. The van der Waals surface area contributed by atoms with Crippen molar-refractivity contribution in [1.29, 1.82) is 0 Å². The maximum atomic E-state index is 13.2. The molecule has 0 radical (unpaired) electrons. The quantitative estimate of drug-likeness (QED) is 0.423. The van der Waals surface area contributed by atoms with Crippen LogP contribution >= 0.6 is 11.6 Å². The molecule has 2 heterocycles. The standard InChI is InChI=1S/C25H21ClN2O/c1-16-10-12-17(13-11-16)23-22(20-8-4-5-9-21(20)27-23)24-18-6-2-3-7-19(18)25(29)28(24)15-14-26/h2-13,24,27H,14-15H2,1H3/t24-/m1/s1. The lowest BCUT2D eigenvalue weighted by molar-refractivity contribution is 0.0762. The summed E-state index contributed by atoms with van der Waals surface area (Å²) < 4.78 is 0. The number of para-hydroxylation sites is 1. The highest BCUT2D eigenvalue weighted by Gasteiger charge is 2.39. The van der Waals surface area contributed by atoms with Crippen LogP contribution in [0.15, 0.2) is 72.8 Å². The summed E-state index contributed by atoms with van der Waals surface area (Å²) in [5.41, 5.74) is 7.40. The molecule has 1 aliphatic rings. The van der Waals surface area contributed by atoms with Crippen molar-refractivity contribution in [2.75, 3.05) is 12.4 Å². The van der Waals surface area contributed by atoms with Crippen LogP contribution in [0.2, 0.25) is 0 Å². The van der Waals surface area contributed by atoms with Crippen molar-refractivity contribution in [3.63, 3.8) is 0 Å². The van der Waals surface area contributed by atoms with Gasteiger partial charge >= 0.3 is 0 Å². The minimum atomic E-state index is -0.162. The minimum absolute atomic E-state index is 0.0476. The molecule has 4 heteroatoms. The second-order valence-corrected chi connectivity index (χ2v) is 7.88. The number of carbonyl (C=O) groups is 1. The Morgan fingerprint density at radius 2 is 1.69 bits per heavy atom. The zero-order valence-electron chi connectivity index (χ0n) is 16.2. The molecule has 1 amide bonds. The van der Waals surface area contributed by atoms with Crippen molar-refractivity contribution >= 4 is 28.4 Å². The molecule has 0 spiro atoms. The molecule has 0 saturated carbocycles. The van der Waals surface area contributed by atoms with E-state index >= 15 is 0 Å². The van der Waals surface area contributed by atoms with Crippen molar-refractivity contribution < 1.29 is 4.79 Å². The van der Waals surface area contributed by atoms with Crippen LogP contribution in [0.5, 0.6) is 0 Å². The zero-order chi connectivity index (χ0) is 20.0. The molecule has 1 aliphatic heterocycles. The summed E-state index contributed by atoms with van der Waals surface area (Å²) >= 11 is 6.11. The highest BCUT2D eigenvalue weighted by Crippen LogP contribution is 2.45. The van der Waals surface area contributed by atoms with E-state index in [1.54, 1.807) is 0 Å². The second kappa shape index (κ2) is 7.09. The number of hydrogen-bond acceptors (Lipinski definition) is 1. The molecule has 1 N–H and O–H groups in total. The van der Waals surface area contributed by atoms with E-state index in [2.05, 4.69) is 54.4 Å². The average molecular weight is 401 g/mol. The van der Waals surface area contributed by atoms with Crippen LogP contribution in [0.1, 0.15) is 33.1 Å². The molecule has 0 aliphatic carbocycles. The number of halogens is 1. The fourth-order valence-corrected chi connectivity index (χ4v) is 4.58. The van der Waals surface area contributed by atoms with Crippen LogP contribution in [0.4, 0.5) is 0 Å². The summed E-state index contributed by atoms with van der Waals surface area (Å²) in [7, 11) is 0. The number of nitrogens with zero attached hydrogens (tertiary/aromatic N) is 1. The normalized spacial score (nSPS) is 15.9. The van der Waals surface area contributed by atoms with Crippen molar-refractivity contribution in [2.45, 2.75) is 13.0 Å². The Kier molecular flexibility index (Phi) is 4.40. The zero-order valence-corrected chi connectivity index (χ0v) is 16.9. The number of aromatic amines is 1. The van der Waals surface area contributed by atoms with Crippen LogP contribution in [-0.2, 0) is 0 Å². The fraction of sp³-hybridized carbons (Fsp3) is 0.160. The van der Waals surface area contributed by atoms with Crippen molar-refractivity contribution in [3.05, 3.63) is 95.1 Å². The summed E-state index contributed by atoms with van der Waals surface area (Å²) in [4.78, 5) is 18.7. The van der Waals surface area contributed by atoms with E-state index in [9.17, 15) is 4.79 Å². The first-order valence-corrected chi connectivity index (χ1v) is 10.4. The lowest BCUT2D eigenvalue weighted by atomic mass is 9.93. The van der Waals surface area contributed by atoms with Gasteiger partial charge < -0.3 is 9.88 Å². The van der Waals surface area contributed by atoms with Gasteiger partial charge in [-0.15, -0.1) is 11.6 Å². The number of rotatable bonds is 4. The highest BCUT2D eigenvalue weighted by atomic mass is 35.5. The Bertz CT molecular complexity index is 1210. The third kappa shape index (κ3) is 2.85. The van der Waals surface area contributed by atoms with E-state index in [1.807, 2.05) is 35.2 Å². The van der Waals surface area contributed by atoms with Gasteiger partial charge in [-0.2, -0.15) is 0 Å². The van der Waals surface area contributed by atoms with Gasteiger partial charge in [0.25, 0.3) is 5.91 Å². The predicted octanol–water partition coefficient (Wildman–Crippen LogP) is 5.93. The second-order valence-electron chi connectivity index (χ2n) is 7.50. The number of benzene rings is 3. The number of amides is 1. The Morgan fingerprint density at radius 1 is 0.966 bits per heavy atom. The third-order valence-corrected chi connectivity index (χ3v) is 5.91. The van der Waals surface area contributed by atoms with Crippen molar-refractivity contribution in [2.24, 2.45) is 0 Å². The van der Waals surface area contributed by atoms with Crippen LogP contribution < -0.4 is 0 Å². The summed E-state index contributed by atoms with van der Waals surface area (Å²) in [5, 5.41) is 1.14. The van der Waals surface area contributed by atoms with Gasteiger partial charge in [0.2, 0.25) is 0 Å². The maximum absolute atomic E-state index is 13.2. The molecule has 0 fully saturated rings. The molecule has 0 unspecified atom stereocenters. The Balaban J connectivity index is 1.80. The Hall–Kier alpha value is -3.04. The Labute approximate surface area is 174 Å². The van der Waals surface area contributed by atoms with Gasteiger partial charge in [0.1, 0.15) is 0 Å². The summed E-state index contributed by atoms with van der Waals surface area (Å²) in [6, 6.07) is 24.6. The molecule has 0 saturated heterocycles. The molecule has 0 bridgehead atoms. The van der Waals surface area contributed by atoms with Crippen LogP contribution in [0.3, 0.4) is 0 Å². The summed E-state index contributed by atoms with van der Waals surface area (Å²) in [6.45, 7) is 2.59. The van der Waals surface area contributed by atoms with Gasteiger partial charge in [0.15, 0.2) is 0 Å². The van der Waals surface area contributed by atoms with Crippen molar-refractivity contribution in [1.82, 2.24) is 9.88 Å².